The van der Waals surface area contributed by atoms with Crippen LogP contribution in [0, 0.1) is 19.8 Å². The maximum Gasteiger partial charge on any atom is 0.241 e. The molecule has 0 fully saturated rings. The second kappa shape index (κ2) is 9.36. The summed E-state index contributed by atoms with van der Waals surface area (Å²) in [6.45, 7) is 3.90. The Morgan fingerprint density at radius 1 is 0.844 bits per heavy atom. The molecule has 3 atom stereocenters. The molecule has 4 rings (SSSR count). The number of benzene rings is 3. The molecule has 2 unspecified atom stereocenters. The minimum absolute atomic E-state index is 0.205. The number of aryl methyl sites for hydroxylation is 2. The average molecular weight is 464 g/mol. The van der Waals surface area contributed by atoms with Crippen molar-refractivity contribution < 1.29 is 12.6 Å². The van der Waals surface area contributed by atoms with Crippen molar-refractivity contribution in [1.82, 2.24) is 4.72 Å². The van der Waals surface area contributed by atoms with Crippen LogP contribution < -0.4 is 4.72 Å². The van der Waals surface area contributed by atoms with E-state index in [2.05, 4.69) is 4.72 Å². The van der Waals surface area contributed by atoms with Crippen LogP contribution in [-0.4, -0.2) is 12.6 Å². The molecular formula is C26H25NO3S2. The van der Waals surface area contributed by atoms with Gasteiger partial charge in [-0.2, -0.15) is 0 Å². The van der Waals surface area contributed by atoms with Gasteiger partial charge in [-0.1, -0.05) is 77.9 Å². The molecule has 0 aliphatic heterocycles. The first kappa shape index (κ1) is 22.4. The van der Waals surface area contributed by atoms with Gasteiger partial charge in [0, 0.05) is 15.7 Å². The fraction of sp³-hybridized carbons (Fsp3) is 0.154. The first-order chi connectivity index (χ1) is 15.3. The van der Waals surface area contributed by atoms with E-state index in [0.717, 1.165) is 16.7 Å². The van der Waals surface area contributed by atoms with Crippen LogP contribution in [0.2, 0.25) is 0 Å². The van der Waals surface area contributed by atoms with E-state index in [1.165, 1.54) is 0 Å². The number of rotatable bonds is 7. The van der Waals surface area contributed by atoms with Crippen molar-refractivity contribution in [1.29, 1.82) is 0 Å². The topological polar surface area (TPSA) is 63.2 Å². The van der Waals surface area contributed by atoms with Gasteiger partial charge in [-0.25, -0.2) is 17.3 Å². The van der Waals surface area contributed by atoms with Crippen LogP contribution in [0.5, 0.6) is 0 Å². The molecule has 6 heteroatoms. The minimum Gasteiger partial charge on any atom is -0.249 e. The molecule has 3 aromatic rings. The predicted molar refractivity (Wildman–Crippen MR) is 129 cm³/mol. The molecule has 1 aliphatic rings. The van der Waals surface area contributed by atoms with Crippen LogP contribution in [0.15, 0.2) is 112 Å². The lowest BCUT2D eigenvalue weighted by molar-refractivity contribution is 0.521. The SMILES string of the molecule is Cc1ccc(S(=O)C2=CC=CC2[C@H](NS(=O)(=O)c2ccc(C)cc2)c2ccccc2)cc1. The molecule has 0 saturated heterocycles. The van der Waals surface area contributed by atoms with E-state index < -0.39 is 26.9 Å². The number of hydrogen-bond acceptors (Lipinski definition) is 3. The third-order valence-corrected chi connectivity index (χ3v) is 8.48. The molecule has 3 aromatic carbocycles. The van der Waals surface area contributed by atoms with Crippen molar-refractivity contribution in [2.75, 3.05) is 0 Å². The van der Waals surface area contributed by atoms with Gasteiger partial charge >= 0.3 is 0 Å². The highest BCUT2D eigenvalue weighted by Crippen LogP contribution is 2.37. The maximum absolute atomic E-state index is 13.4. The molecule has 0 radical (unpaired) electrons. The molecule has 0 amide bonds. The van der Waals surface area contributed by atoms with Crippen molar-refractivity contribution in [3.63, 3.8) is 0 Å². The highest BCUT2D eigenvalue weighted by molar-refractivity contribution is 7.89. The van der Waals surface area contributed by atoms with E-state index >= 15 is 0 Å². The van der Waals surface area contributed by atoms with Crippen molar-refractivity contribution >= 4 is 20.8 Å². The summed E-state index contributed by atoms with van der Waals surface area (Å²) in [6.07, 6.45) is 5.59. The van der Waals surface area contributed by atoms with Gasteiger partial charge in [-0.3, -0.25) is 0 Å². The Kier molecular flexibility index (Phi) is 6.55. The van der Waals surface area contributed by atoms with Gasteiger partial charge in [-0.05, 0) is 49.8 Å². The van der Waals surface area contributed by atoms with Crippen LogP contribution in [0.1, 0.15) is 22.7 Å². The summed E-state index contributed by atoms with van der Waals surface area (Å²) in [5.74, 6) is -0.375. The summed E-state index contributed by atoms with van der Waals surface area (Å²) in [5, 5.41) is 0. The first-order valence-electron chi connectivity index (χ1n) is 10.4. The molecule has 0 bridgehead atoms. The van der Waals surface area contributed by atoms with Gasteiger partial charge in [0.1, 0.15) is 0 Å². The fourth-order valence-corrected chi connectivity index (χ4v) is 6.26. The van der Waals surface area contributed by atoms with Gasteiger partial charge in [-0.15, -0.1) is 0 Å². The second-order valence-electron chi connectivity index (χ2n) is 7.88. The maximum atomic E-state index is 13.4. The largest absolute Gasteiger partial charge is 0.249 e. The Morgan fingerprint density at radius 2 is 1.44 bits per heavy atom. The van der Waals surface area contributed by atoms with Crippen LogP contribution in [-0.2, 0) is 20.8 Å². The molecule has 0 saturated carbocycles. The van der Waals surface area contributed by atoms with Crippen molar-refractivity contribution in [3.8, 4) is 0 Å². The van der Waals surface area contributed by atoms with Crippen molar-refractivity contribution in [2.45, 2.75) is 29.7 Å². The third-order valence-electron chi connectivity index (χ3n) is 5.49. The number of hydrogen-bond donors (Lipinski definition) is 1. The number of allylic oxidation sites excluding steroid dienone is 2. The van der Waals surface area contributed by atoms with Crippen molar-refractivity contribution in [2.24, 2.45) is 5.92 Å². The van der Waals surface area contributed by atoms with E-state index in [0.29, 0.717) is 9.80 Å². The minimum atomic E-state index is -3.79. The Bertz CT molecular complexity index is 1280. The molecule has 1 N–H and O–H groups in total. The Hall–Kier alpha value is -2.80. The lowest BCUT2D eigenvalue weighted by atomic mass is 9.95. The lowest BCUT2D eigenvalue weighted by Crippen LogP contribution is -2.33. The summed E-state index contributed by atoms with van der Waals surface area (Å²) in [5.41, 5.74) is 2.89. The summed E-state index contributed by atoms with van der Waals surface area (Å²) in [6, 6.07) is 23.2. The van der Waals surface area contributed by atoms with Crippen molar-refractivity contribution in [3.05, 3.63) is 119 Å². The van der Waals surface area contributed by atoms with E-state index in [4.69, 9.17) is 0 Å². The number of nitrogens with one attached hydrogen (secondary N) is 1. The Morgan fingerprint density at radius 3 is 2.06 bits per heavy atom. The normalized spacial score (nSPS) is 17.7. The van der Waals surface area contributed by atoms with Crippen LogP contribution in [0.25, 0.3) is 0 Å². The molecule has 1 aliphatic carbocycles. The van der Waals surface area contributed by atoms with Gasteiger partial charge in [0.05, 0.1) is 21.7 Å². The smallest absolute Gasteiger partial charge is 0.241 e. The summed E-state index contributed by atoms with van der Waals surface area (Å²) in [4.78, 5) is 1.58. The lowest BCUT2D eigenvalue weighted by Gasteiger charge is -2.26. The number of sulfonamides is 1. The van der Waals surface area contributed by atoms with Crippen LogP contribution in [0.3, 0.4) is 0 Å². The molecule has 0 spiro atoms. The molecule has 32 heavy (non-hydrogen) atoms. The highest BCUT2D eigenvalue weighted by atomic mass is 32.2. The van der Waals surface area contributed by atoms with Crippen LogP contribution in [0.4, 0.5) is 0 Å². The van der Waals surface area contributed by atoms with E-state index in [9.17, 15) is 12.6 Å². The summed E-state index contributed by atoms with van der Waals surface area (Å²) >= 11 is 0. The standard InChI is InChI=1S/C26H25NO3S2/c1-19-11-15-22(16-12-19)31(28)25-10-6-9-24(25)26(21-7-4-3-5-8-21)27-32(29,30)23-17-13-20(2)14-18-23/h3-18,24,26-27H,1-2H3/t24?,26-,31?/m1/s1. The third kappa shape index (κ3) is 4.83. The van der Waals surface area contributed by atoms with Gasteiger partial charge in [0.25, 0.3) is 0 Å². The molecule has 164 valence electrons. The van der Waals surface area contributed by atoms with Gasteiger partial charge in [0.2, 0.25) is 10.0 Å². The van der Waals surface area contributed by atoms with E-state index in [1.54, 1.807) is 24.3 Å². The first-order valence-corrected chi connectivity index (χ1v) is 13.0. The quantitative estimate of drug-likeness (QED) is 0.524. The van der Waals surface area contributed by atoms with Gasteiger partial charge < -0.3 is 0 Å². The van der Waals surface area contributed by atoms with Gasteiger partial charge in [0.15, 0.2) is 0 Å². The monoisotopic (exact) mass is 463 g/mol. The summed E-state index contributed by atoms with van der Waals surface area (Å²) in [7, 11) is -5.19. The average Bonchev–Trinajstić information content (AvgIpc) is 3.28. The van der Waals surface area contributed by atoms with E-state index in [1.807, 2.05) is 86.7 Å². The zero-order valence-electron chi connectivity index (χ0n) is 17.9. The fourth-order valence-electron chi connectivity index (χ4n) is 3.70. The zero-order valence-corrected chi connectivity index (χ0v) is 19.6. The Balaban J connectivity index is 1.70. The van der Waals surface area contributed by atoms with Crippen LogP contribution >= 0.6 is 0 Å². The zero-order chi connectivity index (χ0) is 22.7. The predicted octanol–water partition coefficient (Wildman–Crippen LogP) is 5.20. The van der Waals surface area contributed by atoms with E-state index in [-0.39, 0.29) is 10.8 Å². The summed E-state index contributed by atoms with van der Waals surface area (Å²) < 4.78 is 42.8. The molecule has 0 heterocycles. The molecule has 4 nitrogen and oxygen atoms in total. The highest BCUT2D eigenvalue weighted by Gasteiger charge is 2.33. The second-order valence-corrected chi connectivity index (χ2v) is 11.1. The molecular weight excluding hydrogens is 438 g/mol. The Labute approximate surface area is 192 Å². The molecule has 0 aromatic heterocycles.